The van der Waals surface area contributed by atoms with Gasteiger partial charge >= 0.3 is 5.97 Å². The Bertz CT molecular complexity index is 1060. The fourth-order valence-electron chi connectivity index (χ4n) is 3.11. The molecule has 0 aliphatic carbocycles. The Balaban J connectivity index is 1.62. The zero-order chi connectivity index (χ0) is 21.9. The predicted octanol–water partition coefficient (Wildman–Crippen LogP) is 3.12. The lowest BCUT2D eigenvalue weighted by atomic mass is 10.2. The van der Waals surface area contributed by atoms with Gasteiger partial charge in [0.1, 0.15) is 11.9 Å². The van der Waals surface area contributed by atoms with Crippen molar-refractivity contribution in [1.29, 1.82) is 0 Å². The highest BCUT2D eigenvalue weighted by atomic mass is 35.5. The maximum atomic E-state index is 13.6. The van der Waals surface area contributed by atoms with Gasteiger partial charge in [0.2, 0.25) is 10.0 Å². The molecular formula is C20H20ClFN2O5S. The summed E-state index contributed by atoms with van der Waals surface area (Å²) in [5.74, 6) is -1.94. The monoisotopic (exact) mass is 454 g/mol. The first kappa shape index (κ1) is 22.2. The summed E-state index contributed by atoms with van der Waals surface area (Å²) in [4.78, 5) is 24.5. The van der Waals surface area contributed by atoms with Gasteiger partial charge in [-0.25, -0.2) is 12.8 Å². The average molecular weight is 455 g/mol. The third-order valence-corrected chi connectivity index (χ3v) is 6.87. The Kier molecular flexibility index (Phi) is 6.74. The Labute approximate surface area is 178 Å². The van der Waals surface area contributed by atoms with E-state index in [1.54, 1.807) is 6.92 Å². The second-order valence-electron chi connectivity index (χ2n) is 6.85. The number of halogens is 2. The molecule has 1 aliphatic heterocycles. The highest BCUT2D eigenvalue weighted by Crippen LogP contribution is 2.27. The summed E-state index contributed by atoms with van der Waals surface area (Å²) in [6.45, 7) is 1.15. The van der Waals surface area contributed by atoms with E-state index in [4.69, 9.17) is 16.3 Å². The normalized spacial score (nSPS) is 17.0. The summed E-state index contributed by atoms with van der Waals surface area (Å²) < 4.78 is 45.4. The van der Waals surface area contributed by atoms with Gasteiger partial charge in [-0.3, -0.25) is 9.59 Å². The van der Waals surface area contributed by atoms with Crippen LogP contribution < -0.4 is 5.32 Å². The van der Waals surface area contributed by atoms with Crippen LogP contribution in [0.15, 0.2) is 47.4 Å². The van der Waals surface area contributed by atoms with Crippen LogP contribution in [0, 0.1) is 12.7 Å². The number of esters is 1. The van der Waals surface area contributed by atoms with Crippen LogP contribution in [0.5, 0.6) is 0 Å². The first-order valence-corrected chi connectivity index (χ1v) is 11.0. The van der Waals surface area contributed by atoms with Crippen molar-refractivity contribution < 1.29 is 27.1 Å². The summed E-state index contributed by atoms with van der Waals surface area (Å²) in [6, 6.07) is 8.82. The van der Waals surface area contributed by atoms with E-state index in [-0.39, 0.29) is 23.5 Å². The second-order valence-corrected chi connectivity index (χ2v) is 9.17. The third kappa shape index (κ3) is 4.97. The first-order chi connectivity index (χ1) is 14.2. The molecule has 160 valence electrons. The van der Waals surface area contributed by atoms with Crippen molar-refractivity contribution in [2.75, 3.05) is 18.5 Å². The molecule has 1 fully saturated rings. The van der Waals surface area contributed by atoms with Crippen molar-refractivity contribution in [2.45, 2.75) is 30.7 Å². The number of amides is 1. The Morgan fingerprint density at radius 1 is 1.23 bits per heavy atom. The minimum Gasteiger partial charge on any atom is -0.454 e. The summed E-state index contributed by atoms with van der Waals surface area (Å²) in [6.07, 6.45) is 0.776. The van der Waals surface area contributed by atoms with Crippen molar-refractivity contribution in [3.63, 3.8) is 0 Å². The number of aryl methyl sites for hydroxylation is 1. The van der Waals surface area contributed by atoms with E-state index in [0.717, 1.165) is 10.4 Å². The molecule has 2 aromatic rings. The van der Waals surface area contributed by atoms with Crippen molar-refractivity contribution in [2.24, 2.45) is 0 Å². The molecule has 1 amide bonds. The summed E-state index contributed by atoms with van der Waals surface area (Å²) in [5, 5.41) is 2.82. The number of rotatable bonds is 6. The third-order valence-electron chi connectivity index (χ3n) is 4.70. The van der Waals surface area contributed by atoms with Gasteiger partial charge < -0.3 is 10.1 Å². The Morgan fingerprint density at radius 3 is 2.60 bits per heavy atom. The van der Waals surface area contributed by atoms with Crippen LogP contribution >= 0.6 is 11.6 Å². The number of benzene rings is 2. The van der Waals surface area contributed by atoms with Gasteiger partial charge in [0.05, 0.1) is 4.90 Å². The van der Waals surface area contributed by atoms with E-state index in [1.165, 1.54) is 36.4 Å². The molecule has 3 rings (SSSR count). The van der Waals surface area contributed by atoms with E-state index in [2.05, 4.69) is 5.32 Å². The van der Waals surface area contributed by atoms with Crippen LogP contribution in [0.4, 0.5) is 10.1 Å². The topological polar surface area (TPSA) is 92.8 Å². The van der Waals surface area contributed by atoms with E-state index >= 15 is 0 Å². The lowest BCUT2D eigenvalue weighted by Gasteiger charge is -2.22. The highest BCUT2D eigenvalue weighted by molar-refractivity contribution is 7.89. The van der Waals surface area contributed by atoms with E-state index < -0.39 is 40.4 Å². The van der Waals surface area contributed by atoms with Crippen molar-refractivity contribution in [3.05, 3.63) is 58.9 Å². The van der Waals surface area contributed by atoms with Crippen LogP contribution in [-0.4, -0.2) is 43.8 Å². The largest absolute Gasteiger partial charge is 0.454 e. The zero-order valence-corrected chi connectivity index (χ0v) is 17.7. The highest BCUT2D eigenvalue weighted by Gasteiger charge is 2.40. The second kappa shape index (κ2) is 9.11. The van der Waals surface area contributed by atoms with Crippen molar-refractivity contribution in [1.82, 2.24) is 4.31 Å². The molecule has 1 unspecified atom stereocenters. The van der Waals surface area contributed by atoms with Crippen LogP contribution in [0.1, 0.15) is 18.4 Å². The lowest BCUT2D eigenvalue weighted by molar-refractivity contribution is -0.150. The van der Waals surface area contributed by atoms with E-state index in [1.807, 2.05) is 0 Å². The van der Waals surface area contributed by atoms with Gasteiger partial charge in [-0.05, 0) is 61.7 Å². The van der Waals surface area contributed by atoms with Gasteiger partial charge in [0.25, 0.3) is 5.91 Å². The minimum absolute atomic E-state index is 0.0192. The van der Waals surface area contributed by atoms with Gasteiger partial charge in [0, 0.05) is 17.3 Å². The number of anilines is 1. The maximum Gasteiger partial charge on any atom is 0.324 e. The molecule has 1 atom stereocenters. The van der Waals surface area contributed by atoms with Crippen LogP contribution in [-0.2, 0) is 24.3 Å². The molecule has 0 aromatic heterocycles. The number of carbonyl (C=O) groups is 2. The van der Waals surface area contributed by atoms with Gasteiger partial charge in [-0.1, -0.05) is 17.7 Å². The number of hydrogen-bond acceptors (Lipinski definition) is 5. The molecule has 0 radical (unpaired) electrons. The molecule has 1 N–H and O–H groups in total. The molecule has 10 heteroatoms. The smallest absolute Gasteiger partial charge is 0.324 e. The summed E-state index contributed by atoms with van der Waals surface area (Å²) in [5.41, 5.74) is 0.662. The van der Waals surface area contributed by atoms with Gasteiger partial charge in [0.15, 0.2) is 6.61 Å². The number of nitrogens with zero attached hydrogens (tertiary/aromatic N) is 1. The molecule has 1 aliphatic rings. The zero-order valence-electron chi connectivity index (χ0n) is 16.1. The predicted molar refractivity (Wildman–Crippen MR) is 109 cm³/mol. The average Bonchev–Trinajstić information content (AvgIpc) is 3.20. The molecule has 0 bridgehead atoms. The molecular weight excluding hydrogens is 435 g/mol. The molecule has 0 spiro atoms. The standard InChI is InChI=1S/C20H20ClFN2O5S/c1-13-4-7-15(11-17(13)22)23-19(25)12-29-20(26)18-3-2-10-24(18)30(27,28)16-8-5-14(21)6-9-16/h4-9,11,18H,2-3,10,12H2,1H3,(H,23,25). The number of ether oxygens (including phenoxy) is 1. The molecule has 30 heavy (non-hydrogen) atoms. The van der Waals surface area contributed by atoms with E-state index in [9.17, 15) is 22.4 Å². The van der Waals surface area contributed by atoms with Crippen molar-refractivity contribution in [3.8, 4) is 0 Å². The Morgan fingerprint density at radius 2 is 1.93 bits per heavy atom. The number of carbonyl (C=O) groups excluding carboxylic acids is 2. The fraction of sp³-hybridized carbons (Fsp3) is 0.300. The van der Waals surface area contributed by atoms with Gasteiger partial charge in [-0.15, -0.1) is 0 Å². The summed E-state index contributed by atoms with van der Waals surface area (Å²) >= 11 is 5.80. The fourth-order valence-corrected chi connectivity index (χ4v) is 4.88. The molecule has 0 saturated carbocycles. The molecule has 2 aromatic carbocycles. The van der Waals surface area contributed by atoms with Crippen LogP contribution in [0.25, 0.3) is 0 Å². The minimum atomic E-state index is -3.91. The SMILES string of the molecule is Cc1ccc(NC(=O)COC(=O)C2CCCN2S(=O)(=O)c2ccc(Cl)cc2)cc1F. The lowest BCUT2D eigenvalue weighted by Crippen LogP contribution is -2.42. The number of hydrogen-bond donors (Lipinski definition) is 1. The Hall–Kier alpha value is -2.49. The molecule has 7 nitrogen and oxygen atoms in total. The number of nitrogens with one attached hydrogen (secondary N) is 1. The van der Waals surface area contributed by atoms with Crippen LogP contribution in [0.2, 0.25) is 5.02 Å². The molecule has 1 saturated heterocycles. The molecule has 1 heterocycles. The first-order valence-electron chi connectivity index (χ1n) is 9.18. The van der Waals surface area contributed by atoms with Crippen LogP contribution in [0.3, 0.4) is 0 Å². The van der Waals surface area contributed by atoms with E-state index in [0.29, 0.717) is 17.0 Å². The maximum absolute atomic E-state index is 13.6. The van der Waals surface area contributed by atoms with Crippen molar-refractivity contribution >= 4 is 39.2 Å². The van der Waals surface area contributed by atoms with Gasteiger partial charge in [-0.2, -0.15) is 4.31 Å². The number of sulfonamides is 1. The quantitative estimate of drug-likeness (QED) is 0.677. The summed E-state index contributed by atoms with van der Waals surface area (Å²) in [7, 11) is -3.91.